The van der Waals surface area contributed by atoms with Gasteiger partial charge in [0.15, 0.2) is 0 Å². The highest BCUT2D eigenvalue weighted by atomic mass is 16.4. The quantitative estimate of drug-likeness (QED) is 0.652. The smallest absolute Gasteiger partial charge is 0.325 e. The molecule has 0 saturated carbocycles. The molecule has 1 aromatic rings. The Hall–Kier alpha value is -1.79. The van der Waals surface area contributed by atoms with Crippen LogP contribution in [0.15, 0.2) is 24.3 Å². The molecule has 0 radical (unpaired) electrons. The fraction of sp³-hybridized carbons (Fsp3) is 0.100. The minimum Gasteiger partial charge on any atom is -0.480 e. The van der Waals surface area contributed by atoms with Crippen molar-refractivity contribution in [3.8, 4) is 12.3 Å². The van der Waals surface area contributed by atoms with Gasteiger partial charge in [-0.05, 0) is 17.7 Å². The second kappa shape index (κ2) is 3.74. The second-order valence-electron chi connectivity index (χ2n) is 2.59. The van der Waals surface area contributed by atoms with Gasteiger partial charge < -0.3 is 10.8 Å². The van der Waals surface area contributed by atoms with E-state index in [4.69, 9.17) is 17.3 Å². The van der Waals surface area contributed by atoms with Gasteiger partial charge >= 0.3 is 5.97 Å². The Bertz CT molecular complexity index is 365. The molecule has 3 heteroatoms. The van der Waals surface area contributed by atoms with Crippen LogP contribution in [0.4, 0.5) is 0 Å². The number of benzene rings is 1. The number of rotatable bonds is 2. The predicted octanol–water partition coefficient (Wildman–Crippen LogP) is 0.752. The van der Waals surface area contributed by atoms with E-state index < -0.39 is 12.0 Å². The van der Waals surface area contributed by atoms with Gasteiger partial charge in [-0.15, -0.1) is 6.42 Å². The first-order chi connectivity index (χ1) is 6.15. The average Bonchev–Trinajstić information content (AvgIpc) is 2.16. The molecule has 0 amide bonds. The lowest BCUT2D eigenvalue weighted by Crippen LogP contribution is -2.20. The van der Waals surface area contributed by atoms with E-state index in [9.17, 15) is 4.79 Å². The number of nitrogens with two attached hydrogens (primary N) is 1. The van der Waals surface area contributed by atoms with Crippen molar-refractivity contribution in [3.05, 3.63) is 35.4 Å². The molecule has 3 N–H and O–H groups in total. The first-order valence-electron chi connectivity index (χ1n) is 3.70. The molecule has 66 valence electrons. The Labute approximate surface area is 76.2 Å². The summed E-state index contributed by atoms with van der Waals surface area (Å²) >= 11 is 0. The molecule has 1 atom stereocenters. The molecule has 0 bridgehead atoms. The molecule has 1 aromatic carbocycles. The van der Waals surface area contributed by atoms with E-state index in [2.05, 4.69) is 5.92 Å². The molecular weight excluding hydrogens is 166 g/mol. The average molecular weight is 175 g/mol. The van der Waals surface area contributed by atoms with Gasteiger partial charge in [-0.2, -0.15) is 0 Å². The van der Waals surface area contributed by atoms with Crippen molar-refractivity contribution in [2.75, 3.05) is 0 Å². The maximum Gasteiger partial charge on any atom is 0.325 e. The van der Waals surface area contributed by atoms with Crippen molar-refractivity contribution >= 4 is 5.97 Å². The van der Waals surface area contributed by atoms with Gasteiger partial charge in [-0.25, -0.2) is 0 Å². The number of aliphatic carboxylic acids is 1. The third kappa shape index (κ3) is 2.08. The topological polar surface area (TPSA) is 63.3 Å². The monoisotopic (exact) mass is 175 g/mol. The Morgan fingerprint density at radius 2 is 2.31 bits per heavy atom. The van der Waals surface area contributed by atoms with Crippen molar-refractivity contribution in [1.29, 1.82) is 0 Å². The molecule has 0 heterocycles. The summed E-state index contributed by atoms with van der Waals surface area (Å²) in [5.74, 6) is 1.35. The molecule has 3 nitrogen and oxygen atoms in total. The third-order valence-corrected chi connectivity index (χ3v) is 1.68. The number of hydrogen-bond donors (Lipinski definition) is 2. The highest BCUT2D eigenvalue weighted by Gasteiger charge is 2.13. The molecule has 0 saturated heterocycles. The summed E-state index contributed by atoms with van der Waals surface area (Å²) in [5, 5.41) is 8.62. The summed E-state index contributed by atoms with van der Waals surface area (Å²) in [6.07, 6.45) is 5.16. The minimum atomic E-state index is -1.06. The van der Waals surface area contributed by atoms with Crippen molar-refractivity contribution in [1.82, 2.24) is 0 Å². The number of carboxylic acid groups (broad SMARTS) is 1. The van der Waals surface area contributed by atoms with Gasteiger partial charge in [0.2, 0.25) is 0 Å². The van der Waals surface area contributed by atoms with Gasteiger partial charge in [0, 0.05) is 5.56 Å². The molecule has 0 aliphatic rings. The van der Waals surface area contributed by atoms with Gasteiger partial charge in [0.05, 0.1) is 0 Å². The van der Waals surface area contributed by atoms with Crippen molar-refractivity contribution in [2.45, 2.75) is 6.04 Å². The van der Waals surface area contributed by atoms with Crippen LogP contribution in [0.3, 0.4) is 0 Å². The van der Waals surface area contributed by atoms with Crippen molar-refractivity contribution in [3.63, 3.8) is 0 Å². The zero-order chi connectivity index (χ0) is 9.84. The Kier molecular flexibility index (Phi) is 2.68. The summed E-state index contributed by atoms with van der Waals surface area (Å²) in [6, 6.07) is 5.64. The summed E-state index contributed by atoms with van der Waals surface area (Å²) in [6.45, 7) is 0. The molecule has 0 aliphatic carbocycles. The fourth-order valence-corrected chi connectivity index (χ4v) is 0.964. The number of hydrogen-bond acceptors (Lipinski definition) is 2. The highest BCUT2D eigenvalue weighted by molar-refractivity contribution is 5.75. The van der Waals surface area contributed by atoms with Crippen LogP contribution in [0.1, 0.15) is 17.2 Å². The molecule has 0 aliphatic heterocycles. The largest absolute Gasteiger partial charge is 0.480 e. The Balaban J connectivity index is 3.03. The molecule has 0 unspecified atom stereocenters. The molecule has 0 fully saturated rings. The van der Waals surface area contributed by atoms with Crippen molar-refractivity contribution < 1.29 is 9.90 Å². The van der Waals surface area contributed by atoms with Gasteiger partial charge in [0.25, 0.3) is 0 Å². The first kappa shape index (κ1) is 9.30. The van der Waals surface area contributed by atoms with E-state index in [1.54, 1.807) is 24.3 Å². The van der Waals surface area contributed by atoms with Crippen LogP contribution >= 0.6 is 0 Å². The lowest BCUT2D eigenvalue weighted by molar-refractivity contribution is -0.138. The molecule has 1 rings (SSSR count). The van der Waals surface area contributed by atoms with Gasteiger partial charge in [-0.1, -0.05) is 18.1 Å². The first-order valence-corrected chi connectivity index (χ1v) is 3.70. The number of terminal acetylenes is 1. The van der Waals surface area contributed by atoms with Crippen LogP contribution < -0.4 is 5.73 Å². The maximum atomic E-state index is 10.5. The van der Waals surface area contributed by atoms with E-state index in [1.807, 2.05) is 0 Å². The van der Waals surface area contributed by atoms with Crippen LogP contribution in [0.25, 0.3) is 0 Å². The lowest BCUT2D eigenvalue weighted by atomic mass is 10.1. The zero-order valence-corrected chi connectivity index (χ0v) is 6.90. The van der Waals surface area contributed by atoms with E-state index in [0.717, 1.165) is 0 Å². The molecule has 0 spiro atoms. The summed E-state index contributed by atoms with van der Waals surface area (Å²) in [5.41, 5.74) is 6.54. The highest BCUT2D eigenvalue weighted by Crippen LogP contribution is 2.11. The van der Waals surface area contributed by atoms with Crippen LogP contribution in [0.2, 0.25) is 0 Å². The fourth-order valence-electron chi connectivity index (χ4n) is 0.964. The zero-order valence-electron chi connectivity index (χ0n) is 6.90. The second-order valence-corrected chi connectivity index (χ2v) is 2.59. The van der Waals surface area contributed by atoms with Crippen molar-refractivity contribution in [2.24, 2.45) is 5.73 Å². The lowest BCUT2D eigenvalue weighted by Gasteiger charge is -2.06. The van der Waals surface area contributed by atoms with Gasteiger partial charge in [0.1, 0.15) is 6.04 Å². The van der Waals surface area contributed by atoms with Crippen LogP contribution in [-0.2, 0) is 4.79 Å². The normalized spacial score (nSPS) is 11.7. The van der Waals surface area contributed by atoms with E-state index >= 15 is 0 Å². The SMILES string of the molecule is C#Cc1cccc([C@H](N)C(=O)O)c1. The molecule has 13 heavy (non-hydrogen) atoms. The minimum absolute atomic E-state index is 0.517. The van der Waals surface area contributed by atoms with E-state index in [0.29, 0.717) is 11.1 Å². The standard InChI is InChI=1S/C10H9NO2/c1-2-7-4-3-5-8(6-7)9(11)10(12)13/h1,3-6,9H,11H2,(H,12,13)/t9-/m0/s1. The third-order valence-electron chi connectivity index (χ3n) is 1.68. The maximum absolute atomic E-state index is 10.5. The number of carboxylic acids is 1. The van der Waals surface area contributed by atoms with Gasteiger partial charge in [-0.3, -0.25) is 4.79 Å². The van der Waals surface area contributed by atoms with E-state index in [1.165, 1.54) is 0 Å². The van der Waals surface area contributed by atoms with Crippen LogP contribution in [0.5, 0.6) is 0 Å². The summed E-state index contributed by atoms with van der Waals surface area (Å²) in [4.78, 5) is 10.5. The Morgan fingerprint density at radius 1 is 1.62 bits per heavy atom. The summed E-state index contributed by atoms with van der Waals surface area (Å²) < 4.78 is 0. The molecule has 0 aromatic heterocycles. The summed E-state index contributed by atoms with van der Waals surface area (Å²) in [7, 11) is 0. The Morgan fingerprint density at radius 3 is 2.85 bits per heavy atom. The number of carbonyl (C=O) groups is 1. The van der Waals surface area contributed by atoms with Crippen LogP contribution in [0, 0.1) is 12.3 Å². The van der Waals surface area contributed by atoms with E-state index in [-0.39, 0.29) is 0 Å². The predicted molar refractivity (Wildman–Crippen MR) is 48.9 cm³/mol. The van der Waals surface area contributed by atoms with Crippen LogP contribution in [-0.4, -0.2) is 11.1 Å². The molecular formula is C10H9NO2.